The van der Waals surface area contributed by atoms with Gasteiger partial charge in [-0.1, -0.05) is 25.6 Å². The van der Waals surface area contributed by atoms with E-state index in [1.54, 1.807) is 0 Å². The summed E-state index contributed by atoms with van der Waals surface area (Å²) in [5.41, 5.74) is 0.853. The lowest BCUT2D eigenvalue weighted by atomic mass is 10.1. The Hall–Kier alpha value is -1.89. The van der Waals surface area contributed by atoms with Gasteiger partial charge in [-0.2, -0.15) is 5.10 Å². The summed E-state index contributed by atoms with van der Waals surface area (Å²) >= 11 is 1.29. The largest absolute Gasteiger partial charge is 0.323 e. The molecule has 0 saturated carbocycles. The van der Waals surface area contributed by atoms with Crippen LogP contribution in [0.25, 0.3) is 0 Å². The Morgan fingerprint density at radius 1 is 1.32 bits per heavy atom. The van der Waals surface area contributed by atoms with Crippen molar-refractivity contribution in [2.45, 2.75) is 43.2 Å². The number of hydrazone groups is 1. The van der Waals surface area contributed by atoms with Crippen LogP contribution in [0.15, 0.2) is 33.2 Å². The fourth-order valence-electron chi connectivity index (χ4n) is 2.13. The van der Waals surface area contributed by atoms with Crippen molar-refractivity contribution in [1.29, 1.82) is 0 Å². The van der Waals surface area contributed by atoms with Gasteiger partial charge in [-0.05, 0) is 25.0 Å². The first-order valence-electron chi connectivity index (χ1n) is 6.93. The van der Waals surface area contributed by atoms with E-state index in [1.807, 2.05) is 25.3 Å². The Morgan fingerprint density at radius 2 is 1.95 bits per heavy atom. The van der Waals surface area contributed by atoms with Crippen LogP contribution in [0.5, 0.6) is 0 Å². The van der Waals surface area contributed by atoms with Gasteiger partial charge in [-0.3, -0.25) is 0 Å². The van der Waals surface area contributed by atoms with Crippen LogP contribution in [0.3, 0.4) is 0 Å². The monoisotopic (exact) mass is 324 g/mol. The highest BCUT2D eigenvalue weighted by atomic mass is 32.2. The second-order valence-electron chi connectivity index (χ2n) is 5.04. The van der Waals surface area contributed by atoms with E-state index in [2.05, 4.69) is 10.1 Å². The zero-order chi connectivity index (χ0) is 16.3. The van der Waals surface area contributed by atoms with Gasteiger partial charge in [-0.15, -0.1) is 0 Å². The van der Waals surface area contributed by atoms with Crippen LogP contribution in [-0.2, 0) is 6.54 Å². The molecule has 4 nitrogen and oxygen atoms in total. The van der Waals surface area contributed by atoms with E-state index in [-0.39, 0.29) is 5.92 Å². The SMILES string of the molecule is CCn1c(C=NN)nc(C(C)C)c1Sc1cc(F)cc(F)c1. The number of imidazole rings is 1. The Bertz CT molecular complexity index is 675. The molecule has 0 aliphatic rings. The smallest absolute Gasteiger partial charge is 0.154 e. The Balaban J connectivity index is 2.52. The fourth-order valence-corrected chi connectivity index (χ4v) is 3.41. The second-order valence-corrected chi connectivity index (χ2v) is 6.11. The van der Waals surface area contributed by atoms with Crippen LogP contribution < -0.4 is 5.84 Å². The number of rotatable bonds is 5. The lowest BCUT2D eigenvalue weighted by Gasteiger charge is -2.10. The molecular formula is C15H18F2N4S. The summed E-state index contributed by atoms with van der Waals surface area (Å²) in [6, 6.07) is 3.47. The molecule has 0 amide bonds. The third-order valence-corrected chi connectivity index (χ3v) is 4.17. The van der Waals surface area contributed by atoms with Gasteiger partial charge in [0.25, 0.3) is 0 Å². The minimum Gasteiger partial charge on any atom is -0.323 e. The van der Waals surface area contributed by atoms with Crippen LogP contribution in [0.2, 0.25) is 0 Å². The molecule has 1 heterocycles. The third-order valence-electron chi connectivity index (χ3n) is 3.08. The van der Waals surface area contributed by atoms with E-state index in [0.29, 0.717) is 17.3 Å². The van der Waals surface area contributed by atoms with Crippen LogP contribution >= 0.6 is 11.8 Å². The van der Waals surface area contributed by atoms with Crippen LogP contribution in [0.1, 0.15) is 38.2 Å². The van der Waals surface area contributed by atoms with Gasteiger partial charge in [0.2, 0.25) is 0 Å². The van der Waals surface area contributed by atoms with Crippen molar-refractivity contribution in [1.82, 2.24) is 9.55 Å². The van der Waals surface area contributed by atoms with Crippen LogP contribution in [0.4, 0.5) is 8.78 Å². The molecule has 0 radical (unpaired) electrons. The molecule has 0 atom stereocenters. The summed E-state index contributed by atoms with van der Waals surface area (Å²) in [4.78, 5) is 5.03. The molecule has 2 N–H and O–H groups in total. The van der Waals surface area contributed by atoms with E-state index in [4.69, 9.17) is 5.84 Å². The number of hydrogen-bond donors (Lipinski definition) is 1. The van der Waals surface area contributed by atoms with Crippen molar-refractivity contribution in [2.24, 2.45) is 10.9 Å². The standard InChI is InChI=1S/C15H18F2N4S/c1-4-21-13(8-19-18)20-14(9(2)3)15(21)22-12-6-10(16)5-11(17)7-12/h5-9H,4,18H2,1-3H3. The topological polar surface area (TPSA) is 56.2 Å². The summed E-state index contributed by atoms with van der Waals surface area (Å²) in [6.45, 7) is 6.65. The van der Waals surface area contributed by atoms with Crippen molar-refractivity contribution in [2.75, 3.05) is 0 Å². The predicted octanol–water partition coefficient (Wildman–Crippen LogP) is 3.75. The summed E-state index contributed by atoms with van der Waals surface area (Å²) in [5.74, 6) is 4.83. The summed E-state index contributed by atoms with van der Waals surface area (Å²) in [6.07, 6.45) is 1.48. The van der Waals surface area contributed by atoms with E-state index in [9.17, 15) is 8.78 Å². The first-order valence-corrected chi connectivity index (χ1v) is 7.75. The van der Waals surface area contributed by atoms with Crippen molar-refractivity contribution in [3.63, 3.8) is 0 Å². The number of nitrogens with two attached hydrogens (primary N) is 1. The highest BCUT2D eigenvalue weighted by Gasteiger charge is 2.19. The predicted molar refractivity (Wildman–Crippen MR) is 84.3 cm³/mol. The summed E-state index contributed by atoms with van der Waals surface area (Å²) < 4.78 is 28.7. The zero-order valence-corrected chi connectivity index (χ0v) is 13.5. The molecule has 0 saturated heterocycles. The average Bonchev–Trinajstić information content (AvgIpc) is 2.76. The molecule has 22 heavy (non-hydrogen) atoms. The molecule has 0 fully saturated rings. The quantitative estimate of drug-likeness (QED) is 0.518. The highest BCUT2D eigenvalue weighted by Crippen LogP contribution is 2.35. The van der Waals surface area contributed by atoms with E-state index < -0.39 is 11.6 Å². The maximum atomic E-state index is 13.4. The van der Waals surface area contributed by atoms with Crippen LogP contribution in [-0.4, -0.2) is 15.8 Å². The first-order chi connectivity index (χ1) is 10.5. The normalized spacial score (nSPS) is 11.7. The van der Waals surface area contributed by atoms with Gasteiger partial charge in [0, 0.05) is 17.5 Å². The number of benzene rings is 1. The Labute approximate surface area is 132 Å². The van der Waals surface area contributed by atoms with Gasteiger partial charge in [0.05, 0.1) is 11.9 Å². The molecule has 0 bridgehead atoms. The summed E-state index contributed by atoms with van der Waals surface area (Å²) in [5, 5.41) is 4.37. The van der Waals surface area contributed by atoms with E-state index in [1.165, 1.54) is 30.1 Å². The van der Waals surface area contributed by atoms with Crippen molar-refractivity contribution < 1.29 is 8.78 Å². The number of nitrogens with zero attached hydrogens (tertiary/aromatic N) is 3. The third kappa shape index (κ3) is 3.47. The van der Waals surface area contributed by atoms with E-state index >= 15 is 0 Å². The minimum absolute atomic E-state index is 0.165. The molecule has 1 aromatic heterocycles. The molecule has 1 aromatic carbocycles. The van der Waals surface area contributed by atoms with Gasteiger partial charge in [0.1, 0.15) is 16.7 Å². The maximum absolute atomic E-state index is 13.4. The highest BCUT2D eigenvalue weighted by molar-refractivity contribution is 7.99. The molecule has 118 valence electrons. The van der Waals surface area contributed by atoms with Gasteiger partial charge in [-0.25, -0.2) is 13.8 Å². The minimum atomic E-state index is -0.597. The Morgan fingerprint density at radius 3 is 2.45 bits per heavy atom. The maximum Gasteiger partial charge on any atom is 0.154 e. The van der Waals surface area contributed by atoms with E-state index in [0.717, 1.165) is 16.8 Å². The number of aromatic nitrogens is 2. The summed E-state index contributed by atoms with van der Waals surface area (Å²) in [7, 11) is 0. The second kappa shape index (κ2) is 6.91. The average molecular weight is 324 g/mol. The zero-order valence-electron chi connectivity index (χ0n) is 12.7. The van der Waals surface area contributed by atoms with Crippen LogP contribution in [0, 0.1) is 11.6 Å². The molecule has 7 heteroatoms. The van der Waals surface area contributed by atoms with Crippen molar-refractivity contribution in [3.05, 3.63) is 41.4 Å². The lowest BCUT2D eigenvalue weighted by molar-refractivity contribution is 0.577. The van der Waals surface area contributed by atoms with Gasteiger partial charge < -0.3 is 10.4 Å². The molecule has 2 rings (SSSR count). The molecule has 0 spiro atoms. The molecular weight excluding hydrogens is 306 g/mol. The first kappa shape index (κ1) is 16.5. The molecule has 0 aliphatic heterocycles. The van der Waals surface area contributed by atoms with Gasteiger partial charge >= 0.3 is 0 Å². The Kier molecular flexibility index (Phi) is 5.18. The van der Waals surface area contributed by atoms with Crippen molar-refractivity contribution >= 4 is 18.0 Å². The molecule has 0 unspecified atom stereocenters. The number of hydrogen-bond acceptors (Lipinski definition) is 4. The number of halogens is 2. The molecule has 2 aromatic rings. The fraction of sp³-hybridized carbons (Fsp3) is 0.333. The lowest BCUT2D eigenvalue weighted by Crippen LogP contribution is -2.03. The molecule has 0 aliphatic carbocycles. The van der Waals surface area contributed by atoms with Crippen molar-refractivity contribution in [3.8, 4) is 0 Å². The van der Waals surface area contributed by atoms with Gasteiger partial charge in [0.15, 0.2) is 5.82 Å².